The summed E-state index contributed by atoms with van der Waals surface area (Å²) in [7, 11) is 1.69. The number of nitrogens with one attached hydrogen (secondary N) is 1. The first-order valence-corrected chi connectivity index (χ1v) is 5.03. The lowest BCUT2D eigenvalue weighted by Crippen LogP contribution is -2.42. The summed E-state index contributed by atoms with van der Waals surface area (Å²) in [5.74, 6) is 0. The number of rotatable bonds is 3. The second-order valence-electron chi connectivity index (χ2n) is 2.87. The Balaban J connectivity index is 2.50. The molecule has 2 amide bonds. The summed E-state index contributed by atoms with van der Waals surface area (Å²) < 4.78 is 0. The Labute approximate surface area is 86.1 Å². The van der Waals surface area contributed by atoms with E-state index in [-0.39, 0.29) is 12.1 Å². The van der Waals surface area contributed by atoms with E-state index in [4.69, 9.17) is 5.73 Å². The van der Waals surface area contributed by atoms with Gasteiger partial charge in [-0.25, -0.2) is 4.79 Å². The second-order valence-corrected chi connectivity index (χ2v) is 3.70. The van der Waals surface area contributed by atoms with Crippen LogP contribution in [-0.2, 0) is 0 Å². The zero-order chi connectivity index (χ0) is 10.6. The lowest BCUT2D eigenvalue weighted by Gasteiger charge is -2.22. The molecule has 1 heterocycles. The van der Waals surface area contributed by atoms with Crippen LogP contribution in [0.2, 0.25) is 0 Å². The van der Waals surface area contributed by atoms with Gasteiger partial charge in [-0.05, 0) is 6.92 Å². The van der Waals surface area contributed by atoms with Gasteiger partial charge in [0.1, 0.15) is 5.51 Å². The van der Waals surface area contributed by atoms with Crippen LogP contribution in [0.4, 0.5) is 9.93 Å². The largest absolute Gasteiger partial charge is 0.328 e. The van der Waals surface area contributed by atoms with Crippen LogP contribution in [0.3, 0.4) is 0 Å². The number of carbonyl (C=O) groups excluding carboxylic acids is 1. The maximum atomic E-state index is 11.5. The number of nitrogens with zero attached hydrogens (tertiary/aromatic N) is 3. The quantitative estimate of drug-likeness (QED) is 0.762. The van der Waals surface area contributed by atoms with Crippen LogP contribution in [-0.4, -0.2) is 40.8 Å². The lowest BCUT2D eigenvalue weighted by molar-refractivity contribution is 0.209. The van der Waals surface area contributed by atoms with Crippen LogP contribution in [0, 0.1) is 0 Å². The second kappa shape index (κ2) is 4.87. The molecule has 0 aliphatic heterocycles. The third-order valence-corrected chi connectivity index (χ3v) is 2.50. The minimum Gasteiger partial charge on any atom is -0.328 e. The van der Waals surface area contributed by atoms with Gasteiger partial charge in [0.25, 0.3) is 0 Å². The van der Waals surface area contributed by atoms with Gasteiger partial charge in [-0.15, -0.1) is 10.2 Å². The summed E-state index contributed by atoms with van der Waals surface area (Å²) in [4.78, 5) is 13.0. The minimum atomic E-state index is -0.222. The van der Waals surface area contributed by atoms with E-state index in [1.54, 1.807) is 12.6 Å². The Kier molecular flexibility index (Phi) is 3.78. The van der Waals surface area contributed by atoms with Crippen LogP contribution in [0.15, 0.2) is 5.51 Å². The number of nitrogens with two attached hydrogens (primary N) is 1. The SMILES string of the molecule is CC(CN)N(C)C(=O)Nc1nncs1. The summed E-state index contributed by atoms with van der Waals surface area (Å²) in [5.41, 5.74) is 6.99. The van der Waals surface area contributed by atoms with Crippen LogP contribution >= 0.6 is 11.3 Å². The monoisotopic (exact) mass is 215 g/mol. The molecule has 78 valence electrons. The normalized spacial score (nSPS) is 12.2. The molecule has 0 radical (unpaired) electrons. The van der Waals surface area contributed by atoms with E-state index >= 15 is 0 Å². The summed E-state index contributed by atoms with van der Waals surface area (Å²) in [6.45, 7) is 2.31. The van der Waals surface area contributed by atoms with Crippen molar-refractivity contribution < 1.29 is 4.79 Å². The van der Waals surface area contributed by atoms with Crippen molar-refractivity contribution in [1.82, 2.24) is 15.1 Å². The molecule has 1 aromatic rings. The first kappa shape index (κ1) is 10.9. The summed E-state index contributed by atoms with van der Waals surface area (Å²) >= 11 is 1.28. The van der Waals surface area contributed by atoms with Crippen LogP contribution in [0.25, 0.3) is 0 Å². The molecule has 14 heavy (non-hydrogen) atoms. The van der Waals surface area contributed by atoms with Gasteiger partial charge < -0.3 is 10.6 Å². The maximum absolute atomic E-state index is 11.5. The molecule has 7 heteroatoms. The van der Waals surface area contributed by atoms with Crippen molar-refractivity contribution in [2.24, 2.45) is 5.73 Å². The highest BCUT2D eigenvalue weighted by molar-refractivity contribution is 7.13. The van der Waals surface area contributed by atoms with Crippen molar-refractivity contribution in [3.05, 3.63) is 5.51 Å². The van der Waals surface area contributed by atoms with Gasteiger partial charge in [-0.3, -0.25) is 5.32 Å². The predicted molar refractivity (Wildman–Crippen MR) is 55.2 cm³/mol. The molecule has 0 aliphatic rings. The summed E-state index contributed by atoms with van der Waals surface area (Å²) in [5, 5.41) is 10.4. The van der Waals surface area contributed by atoms with E-state index in [1.807, 2.05) is 6.92 Å². The standard InChI is InChI=1S/C7H13N5OS/c1-5(3-8)12(2)7(13)10-6-11-9-4-14-6/h4-5H,3,8H2,1-2H3,(H,10,11,13). The maximum Gasteiger partial charge on any atom is 0.323 e. The fourth-order valence-electron chi connectivity index (χ4n) is 0.765. The minimum absolute atomic E-state index is 0.00271. The number of urea groups is 1. The van der Waals surface area contributed by atoms with Crippen molar-refractivity contribution in [1.29, 1.82) is 0 Å². The van der Waals surface area contributed by atoms with Crippen molar-refractivity contribution in [2.75, 3.05) is 18.9 Å². The predicted octanol–water partition coefficient (Wildman–Crippen LogP) is 0.349. The molecule has 1 atom stereocenters. The zero-order valence-corrected chi connectivity index (χ0v) is 8.91. The number of likely N-dealkylation sites (N-methyl/N-ethyl adjacent to an activating group) is 1. The molecule has 1 unspecified atom stereocenters. The number of carbonyl (C=O) groups is 1. The Morgan fingerprint density at radius 3 is 3.07 bits per heavy atom. The molecular formula is C7H13N5OS. The van der Waals surface area contributed by atoms with E-state index in [9.17, 15) is 4.79 Å². The number of hydrogen-bond acceptors (Lipinski definition) is 5. The smallest absolute Gasteiger partial charge is 0.323 e. The van der Waals surface area contributed by atoms with Gasteiger partial charge in [0.15, 0.2) is 0 Å². The third kappa shape index (κ3) is 2.64. The van der Waals surface area contributed by atoms with Gasteiger partial charge in [0.05, 0.1) is 0 Å². The number of anilines is 1. The Hall–Kier alpha value is -1.21. The Morgan fingerprint density at radius 2 is 2.57 bits per heavy atom. The van der Waals surface area contributed by atoms with E-state index < -0.39 is 0 Å². The summed E-state index contributed by atoms with van der Waals surface area (Å²) in [6.07, 6.45) is 0. The highest BCUT2D eigenvalue weighted by atomic mass is 32.1. The van der Waals surface area contributed by atoms with Gasteiger partial charge in [-0.2, -0.15) is 0 Å². The average Bonchev–Trinajstić information content (AvgIpc) is 2.68. The number of hydrogen-bond donors (Lipinski definition) is 2. The van der Waals surface area contributed by atoms with Gasteiger partial charge in [0.2, 0.25) is 5.13 Å². The van der Waals surface area contributed by atoms with Crippen LogP contribution < -0.4 is 11.1 Å². The number of aromatic nitrogens is 2. The molecule has 3 N–H and O–H groups in total. The first-order valence-electron chi connectivity index (χ1n) is 4.15. The topological polar surface area (TPSA) is 84.1 Å². The molecule has 0 aliphatic carbocycles. The Bertz CT molecular complexity index is 288. The molecule has 0 saturated heterocycles. The molecule has 0 aromatic carbocycles. The highest BCUT2D eigenvalue weighted by Gasteiger charge is 2.14. The fraction of sp³-hybridized carbons (Fsp3) is 0.571. The van der Waals surface area contributed by atoms with Crippen LogP contribution in [0.1, 0.15) is 6.92 Å². The molecule has 0 spiro atoms. The highest BCUT2D eigenvalue weighted by Crippen LogP contribution is 2.09. The van der Waals surface area contributed by atoms with Crippen molar-refractivity contribution in [2.45, 2.75) is 13.0 Å². The van der Waals surface area contributed by atoms with E-state index in [1.165, 1.54) is 16.2 Å². The zero-order valence-electron chi connectivity index (χ0n) is 8.10. The average molecular weight is 215 g/mol. The van der Waals surface area contributed by atoms with E-state index in [0.29, 0.717) is 11.7 Å². The van der Waals surface area contributed by atoms with Gasteiger partial charge in [0, 0.05) is 19.6 Å². The van der Waals surface area contributed by atoms with Gasteiger partial charge in [-0.1, -0.05) is 11.3 Å². The van der Waals surface area contributed by atoms with Crippen molar-refractivity contribution in [3.8, 4) is 0 Å². The van der Waals surface area contributed by atoms with Crippen molar-refractivity contribution >= 4 is 22.5 Å². The fourth-order valence-corrected chi connectivity index (χ4v) is 1.20. The molecule has 0 bridgehead atoms. The number of amides is 2. The Morgan fingerprint density at radius 1 is 1.86 bits per heavy atom. The van der Waals surface area contributed by atoms with Crippen molar-refractivity contribution in [3.63, 3.8) is 0 Å². The van der Waals surface area contributed by atoms with E-state index in [0.717, 1.165) is 0 Å². The molecule has 0 fully saturated rings. The van der Waals surface area contributed by atoms with Crippen LogP contribution in [0.5, 0.6) is 0 Å². The third-order valence-electron chi connectivity index (χ3n) is 1.90. The molecule has 0 saturated carbocycles. The molecule has 1 rings (SSSR count). The van der Waals surface area contributed by atoms with Gasteiger partial charge >= 0.3 is 6.03 Å². The molecular weight excluding hydrogens is 202 g/mol. The molecule has 6 nitrogen and oxygen atoms in total. The lowest BCUT2D eigenvalue weighted by atomic mass is 10.3. The first-order chi connectivity index (χ1) is 6.65. The molecule has 1 aromatic heterocycles. The summed E-state index contributed by atoms with van der Waals surface area (Å²) in [6, 6.07) is -0.220. The van der Waals surface area contributed by atoms with E-state index in [2.05, 4.69) is 15.5 Å².